The molecule has 0 saturated heterocycles. The summed E-state index contributed by atoms with van der Waals surface area (Å²) in [6.07, 6.45) is -0.112. The molecule has 0 aliphatic carbocycles. The molecule has 0 radical (unpaired) electrons. The largest absolute Gasteiger partial charge is 0.497 e. The average molecular weight is 367 g/mol. The molecule has 2 nitrogen and oxygen atoms in total. The van der Waals surface area contributed by atoms with Crippen LogP contribution in [0.4, 0.5) is 0 Å². The van der Waals surface area contributed by atoms with Crippen LogP contribution in [0.15, 0.2) is 71.2 Å². The van der Waals surface area contributed by atoms with Crippen molar-refractivity contribution in [1.82, 2.24) is 0 Å². The third-order valence-corrected chi connectivity index (χ3v) is 4.63. The Labute approximate surface area is 143 Å². The maximum atomic E-state index is 6.33. The van der Waals surface area contributed by atoms with Crippen molar-refractivity contribution in [3.05, 3.63) is 82.3 Å². The molecule has 1 atom stereocenters. The quantitative estimate of drug-likeness (QED) is 0.586. The number of rotatable bonds is 2. The fraction of sp³-hybridized carbons (Fsp3) is 0.100. The molecule has 0 N–H and O–H groups in total. The second-order valence-electron chi connectivity index (χ2n) is 5.50. The maximum absolute atomic E-state index is 6.33. The first-order valence-corrected chi connectivity index (χ1v) is 8.25. The number of benzene rings is 3. The van der Waals surface area contributed by atoms with E-state index in [1.54, 1.807) is 7.11 Å². The van der Waals surface area contributed by atoms with Gasteiger partial charge in [0.1, 0.15) is 17.6 Å². The van der Waals surface area contributed by atoms with Gasteiger partial charge in [0.2, 0.25) is 0 Å². The van der Waals surface area contributed by atoms with Gasteiger partial charge in [-0.1, -0.05) is 52.3 Å². The van der Waals surface area contributed by atoms with Crippen LogP contribution in [0.25, 0.3) is 11.1 Å². The van der Waals surface area contributed by atoms with Crippen molar-refractivity contribution >= 4 is 15.9 Å². The molecule has 0 amide bonds. The number of ether oxygens (including phenoxy) is 2. The van der Waals surface area contributed by atoms with Crippen LogP contribution in [-0.2, 0) is 0 Å². The lowest BCUT2D eigenvalue weighted by molar-refractivity contribution is 0.243. The minimum atomic E-state index is -0.112. The van der Waals surface area contributed by atoms with Crippen LogP contribution in [0.2, 0.25) is 0 Å². The zero-order valence-corrected chi connectivity index (χ0v) is 14.2. The summed E-state index contributed by atoms with van der Waals surface area (Å²) in [6.45, 7) is 0. The van der Waals surface area contributed by atoms with Crippen LogP contribution in [0.5, 0.6) is 11.5 Å². The van der Waals surface area contributed by atoms with Crippen molar-refractivity contribution in [1.29, 1.82) is 0 Å². The number of hydrogen-bond acceptors (Lipinski definition) is 2. The average Bonchev–Trinajstić information content (AvgIpc) is 2.61. The molecule has 1 unspecified atom stereocenters. The molecule has 0 saturated carbocycles. The minimum absolute atomic E-state index is 0.112. The van der Waals surface area contributed by atoms with Gasteiger partial charge in [0, 0.05) is 15.6 Å². The number of fused-ring (bicyclic) bond motifs is 3. The van der Waals surface area contributed by atoms with Gasteiger partial charge < -0.3 is 9.47 Å². The van der Waals surface area contributed by atoms with E-state index in [0.29, 0.717) is 0 Å². The highest BCUT2D eigenvalue weighted by molar-refractivity contribution is 9.10. The summed E-state index contributed by atoms with van der Waals surface area (Å²) in [5, 5.41) is 0. The zero-order valence-electron chi connectivity index (χ0n) is 12.6. The van der Waals surface area contributed by atoms with Gasteiger partial charge in [-0.2, -0.15) is 0 Å². The molecule has 0 spiro atoms. The molecular weight excluding hydrogens is 352 g/mol. The van der Waals surface area contributed by atoms with E-state index in [4.69, 9.17) is 9.47 Å². The van der Waals surface area contributed by atoms with E-state index in [9.17, 15) is 0 Å². The molecule has 4 rings (SSSR count). The van der Waals surface area contributed by atoms with Crippen molar-refractivity contribution in [2.24, 2.45) is 0 Å². The monoisotopic (exact) mass is 366 g/mol. The van der Waals surface area contributed by atoms with Crippen molar-refractivity contribution in [2.45, 2.75) is 6.10 Å². The van der Waals surface area contributed by atoms with Gasteiger partial charge in [0.25, 0.3) is 0 Å². The molecule has 23 heavy (non-hydrogen) atoms. The fourth-order valence-electron chi connectivity index (χ4n) is 3.00. The molecule has 3 heteroatoms. The summed E-state index contributed by atoms with van der Waals surface area (Å²) in [7, 11) is 1.68. The van der Waals surface area contributed by atoms with Crippen LogP contribution in [0, 0.1) is 0 Å². The van der Waals surface area contributed by atoms with E-state index in [1.807, 2.05) is 24.3 Å². The Morgan fingerprint density at radius 1 is 0.913 bits per heavy atom. The highest BCUT2D eigenvalue weighted by Crippen LogP contribution is 2.45. The minimum Gasteiger partial charge on any atom is -0.497 e. The smallest absolute Gasteiger partial charge is 0.149 e. The Bertz CT molecular complexity index is 856. The predicted molar refractivity (Wildman–Crippen MR) is 95.0 cm³/mol. The first-order valence-electron chi connectivity index (χ1n) is 7.46. The Morgan fingerprint density at radius 2 is 1.70 bits per heavy atom. The molecule has 1 heterocycles. The molecule has 3 aromatic carbocycles. The van der Waals surface area contributed by atoms with E-state index in [2.05, 4.69) is 58.4 Å². The molecule has 3 aromatic rings. The van der Waals surface area contributed by atoms with Crippen molar-refractivity contribution < 1.29 is 9.47 Å². The summed E-state index contributed by atoms with van der Waals surface area (Å²) >= 11 is 3.53. The molecule has 0 fully saturated rings. The standard InChI is InChI=1S/C20H15BrO2/c1-22-15-9-6-13(7-10-15)20-18-5-3-2-4-16(18)17-11-8-14(21)12-19(17)23-20/h2-12,20H,1H3. The second-order valence-corrected chi connectivity index (χ2v) is 6.41. The van der Waals surface area contributed by atoms with Gasteiger partial charge in [0.05, 0.1) is 7.11 Å². The molecule has 114 valence electrons. The predicted octanol–water partition coefficient (Wildman–Crippen LogP) is 5.61. The molecule has 1 aliphatic rings. The van der Waals surface area contributed by atoms with Gasteiger partial charge in [-0.3, -0.25) is 0 Å². The van der Waals surface area contributed by atoms with Gasteiger partial charge >= 0.3 is 0 Å². The van der Waals surface area contributed by atoms with Crippen molar-refractivity contribution in [3.8, 4) is 22.6 Å². The normalized spacial score (nSPS) is 15.3. The Balaban J connectivity index is 1.85. The third kappa shape index (κ3) is 2.51. The van der Waals surface area contributed by atoms with Crippen LogP contribution in [0.1, 0.15) is 17.2 Å². The molecule has 0 bridgehead atoms. The Morgan fingerprint density at radius 3 is 2.48 bits per heavy atom. The first-order chi connectivity index (χ1) is 11.3. The maximum Gasteiger partial charge on any atom is 0.149 e. The highest BCUT2D eigenvalue weighted by Gasteiger charge is 2.27. The van der Waals surface area contributed by atoms with Crippen LogP contribution < -0.4 is 9.47 Å². The third-order valence-electron chi connectivity index (χ3n) is 4.14. The van der Waals surface area contributed by atoms with Gasteiger partial charge in [0.15, 0.2) is 0 Å². The van der Waals surface area contributed by atoms with Crippen LogP contribution in [-0.4, -0.2) is 7.11 Å². The van der Waals surface area contributed by atoms with E-state index in [-0.39, 0.29) is 6.10 Å². The number of hydrogen-bond donors (Lipinski definition) is 0. The van der Waals surface area contributed by atoms with Crippen LogP contribution in [0.3, 0.4) is 0 Å². The summed E-state index contributed by atoms with van der Waals surface area (Å²) in [5.41, 5.74) is 4.66. The fourth-order valence-corrected chi connectivity index (χ4v) is 3.34. The SMILES string of the molecule is COc1ccc(C2Oc3cc(Br)ccc3-c3ccccc32)cc1. The number of halogens is 1. The summed E-state index contributed by atoms with van der Waals surface area (Å²) in [4.78, 5) is 0. The van der Waals surface area contributed by atoms with E-state index in [1.165, 1.54) is 11.1 Å². The Hall–Kier alpha value is -2.26. The highest BCUT2D eigenvalue weighted by atomic mass is 79.9. The van der Waals surface area contributed by atoms with Crippen molar-refractivity contribution in [3.63, 3.8) is 0 Å². The van der Waals surface area contributed by atoms with Gasteiger partial charge in [-0.25, -0.2) is 0 Å². The lowest BCUT2D eigenvalue weighted by Gasteiger charge is -2.29. The topological polar surface area (TPSA) is 18.5 Å². The first kappa shape index (κ1) is 14.3. The Kier molecular flexibility index (Phi) is 3.58. The second kappa shape index (κ2) is 5.74. The van der Waals surface area contributed by atoms with Crippen molar-refractivity contribution in [2.75, 3.05) is 7.11 Å². The van der Waals surface area contributed by atoms with E-state index >= 15 is 0 Å². The van der Waals surface area contributed by atoms with E-state index < -0.39 is 0 Å². The summed E-state index contributed by atoms with van der Waals surface area (Å²) in [6, 6.07) is 22.7. The zero-order chi connectivity index (χ0) is 15.8. The van der Waals surface area contributed by atoms with Gasteiger partial charge in [-0.05, 0) is 41.5 Å². The van der Waals surface area contributed by atoms with E-state index in [0.717, 1.165) is 27.1 Å². The molecule has 0 aromatic heterocycles. The van der Waals surface area contributed by atoms with Gasteiger partial charge in [-0.15, -0.1) is 0 Å². The number of methoxy groups -OCH3 is 1. The summed E-state index contributed by atoms with van der Waals surface area (Å²) < 4.78 is 12.6. The molecular formula is C20H15BrO2. The lowest BCUT2D eigenvalue weighted by atomic mass is 9.90. The van der Waals surface area contributed by atoms with Crippen LogP contribution >= 0.6 is 15.9 Å². The lowest BCUT2D eigenvalue weighted by Crippen LogP contribution is -2.15. The molecule has 1 aliphatic heterocycles. The summed E-state index contributed by atoms with van der Waals surface area (Å²) in [5.74, 6) is 1.75.